The first-order chi connectivity index (χ1) is 7.27. The second-order valence-corrected chi connectivity index (χ2v) is 4.79. The normalized spacial score (nSPS) is 18.5. The minimum Gasteiger partial charge on any atom is -0.310 e. The van der Waals surface area contributed by atoms with Crippen molar-refractivity contribution in [2.75, 3.05) is 0 Å². The molecule has 0 unspecified atom stereocenters. The number of aryl methyl sites for hydroxylation is 1. The Morgan fingerprint density at radius 2 is 2.07 bits per heavy atom. The SMILES string of the molecule is Cc1ccccc1CN[C@@H](C)C1CCC1. The monoisotopic (exact) mass is 203 g/mol. The average Bonchev–Trinajstić information content (AvgIpc) is 2.14. The van der Waals surface area contributed by atoms with Crippen LogP contribution in [0.3, 0.4) is 0 Å². The largest absolute Gasteiger partial charge is 0.310 e. The molecule has 0 radical (unpaired) electrons. The predicted molar refractivity (Wildman–Crippen MR) is 64.8 cm³/mol. The van der Waals surface area contributed by atoms with Crippen LogP contribution in [0, 0.1) is 12.8 Å². The minimum absolute atomic E-state index is 0.679. The number of nitrogens with one attached hydrogen (secondary N) is 1. The molecule has 1 N–H and O–H groups in total. The molecule has 1 saturated carbocycles. The highest BCUT2D eigenvalue weighted by atomic mass is 14.9. The van der Waals surface area contributed by atoms with Gasteiger partial charge < -0.3 is 5.32 Å². The van der Waals surface area contributed by atoms with Gasteiger partial charge in [-0.15, -0.1) is 0 Å². The highest BCUT2D eigenvalue weighted by molar-refractivity contribution is 5.25. The van der Waals surface area contributed by atoms with Gasteiger partial charge in [0.05, 0.1) is 0 Å². The molecule has 0 amide bonds. The van der Waals surface area contributed by atoms with Gasteiger partial charge in [-0.05, 0) is 43.7 Å². The summed E-state index contributed by atoms with van der Waals surface area (Å²) in [6.45, 7) is 5.53. The van der Waals surface area contributed by atoms with E-state index < -0.39 is 0 Å². The van der Waals surface area contributed by atoms with Crippen LogP contribution in [0.1, 0.15) is 37.3 Å². The van der Waals surface area contributed by atoms with Crippen LogP contribution in [-0.4, -0.2) is 6.04 Å². The molecule has 0 aliphatic heterocycles. The van der Waals surface area contributed by atoms with Crippen molar-refractivity contribution < 1.29 is 0 Å². The van der Waals surface area contributed by atoms with Crippen LogP contribution in [0.15, 0.2) is 24.3 Å². The Bertz CT molecular complexity index is 315. The van der Waals surface area contributed by atoms with Crippen LogP contribution in [0.4, 0.5) is 0 Å². The first kappa shape index (κ1) is 10.7. The van der Waals surface area contributed by atoms with E-state index in [2.05, 4.69) is 43.4 Å². The van der Waals surface area contributed by atoms with E-state index in [-0.39, 0.29) is 0 Å². The molecule has 1 aromatic carbocycles. The molecule has 15 heavy (non-hydrogen) atoms. The third kappa shape index (κ3) is 2.60. The first-order valence-electron chi connectivity index (χ1n) is 6.05. The summed E-state index contributed by atoms with van der Waals surface area (Å²) in [5.41, 5.74) is 2.83. The second kappa shape index (κ2) is 4.80. The van der Waals surface area contributed by atoms with Gasteiger partial charge in [0.2, 0.25) is 0 Å². The van der Waals surface area contributed by atoms with E-state index in [1.807, 2.05) is 0 Å². The maximum atomic E-state index is 3.64. The third-order valence-corrected chi connectivity index (χ3v) is 3.73. The first-order valence-corrected chi connectivity index (χ1v) is 6.05. The van der Waals surface area contributed by atoms with Gasteiger partial charge in [0.15, 0.2) is 0 Å². The van der Waals surface area contributed by atoms with E-state index >= 15 is 0 Å². The van der Waals surface area contributed by atoms with Crippen LogP contribution in [0.25, 0.3) is 0 Å². The van der Waals surface area contributed by atoms with E-state index in [1.165, 1.54) is 30.4 Å². The summed E-state index contributed by atoms with van der Waals surface area (Å²) in [5.74, 6) is 0.925. The molecule has 1 heteroatoms. The van der Waals surface area contributed by atoms with Crippen LogP contribution < -0.4 is 5.32 Å². The summed E-state index contributed by atoms with van der Waals surface area (Å²) in [4.78, 5) is 0. The lowest BCUT2D eigenvalue weighted by Gasteiger charge is -2.32. The van der Waals surface area contributed by atoms with Gasteiger partial charge in [-0.2, -0.15) is 0 Å². The smallest absolute Gasteiger partial charge is 0.0210 e. The van der Waals surface area contributed by atoms with Crippen molar-refractivity contribution in [2.24, 2.45) is 5.92 Å². The molecule has 2 rings (SSSR count). The van der Waals surface area contributed by atoms with Crippen molar-refractivity contribution >= 4 is 0 Å². The Morgan fingerprint density at radius 1 is 1.33 bits per heavy atom. The van der Waals surface area contributed by atoms with Crippen LogP contribution >= 0.6 is 0 Å². The molecular weight excluding hydrogens is 182 g/mol. The lowest BCUT2D eigenvalue weighted by Crippen LogP contribution is -2.36. The Balaban J connectivity index is 1.84. The summed E-state index contributed by atoms with van der Waals surface area (Å²) in [6, 6.07) is 9.31. The van der Waals surface area contributed by atoms with E-state index in [0.29, 0.717) is 6.04 Å². The highest BCUT2D eigenvalue weighted by Crippen LogP contribution is 2.29. The van der Waals surface area contributed by atoms with Gasteiger partial charge in [-0.1, -0.05) is 30.7 Å². The zero-order valence-corrected chi connectivity index (χ0v) is 9.79. The van der Waals surface area contributed by atoms with E-state index in [1.54, 1.807) is 0 Å². The Hall–Kier alpha value is -0.820. The molecule has 1 atom stereocenters. The number of hydrogen-bond acceptors (Lipinski definition) is 1. The Labute approximate surface area is 92.9 Å². The van der Waals surface area contributed by atoms with Crippen molar-refractivity contribution in [3.8, 4) is 0 Å². The Morgan fingerprint density at radius 3 is 2.67 bits per heavy atom. The Kier molecular flexibility index (Phi) is 3.42. The maximum Gasteiger partial charge on any atom is 0.0210 e. The summed E-state index contributed by atoms with van der Waals surface area (Å²) in [7, 11) is 0. The fourth-order valence-corrected chi connectivity index (χ4v) is 2.19. The molecule has 0 bridgehead atoms. The van der Waals surface area contributed by atoms with Gasteiger partial charge in [-0.25, -0.2) is 0 Å². The maximum absolute atomic E-state index is 3.64. The number of hydrogen-bond donors (Lipinski definition) is 1. The average molecular weight is 203 g/mol. The van der Waals surface area contributed by atoms with Gasteiger partial charge in [0.1, 0.15) is 0 Å². The van der Waals surface area contributed by atoms with E-state index in [9.17, 15) is 0 Å². The van der Waals surface area contributed by atoms with Gasteiger partial charge in [0, 0.05) is 12.6 Å². The lowest BCUT2D eigenvalue weighted by molar-refractivity contribution is 0.240. The van der Waals surface area contributed by atoms with Crippen molar-refractivity contribution in [3.05, 3.63) is 35.4 Å². The molecule has 82 valence electrons. The standard InChI is InChI=1S/C14H21N/c1-11-6-3-4-7-14(11)10-15-12(2)13-8-5-9-13/h3-4,6-7,12-13,15H,5,8-10H2,1-2H3/t12-/m0/s1. The van der Waals surface area contributed by atoms with Crippen LogP contribution in [0.2, 0.25) is 0 Å². The van der Waals surface area contributed by atoms with Gasteiger partial charge in [0.25, 0.3) is 0 Å². The second-order valence-electron chi connectivity index (χ2n) is 4.79. The third-order valence-electron chi connectivity index (χ3n) is 3.73. The van der Waals surface area contributed by atoms with Gasteiger partial charge in [-0.3, -0.25) is 0 Å². The zero-order valence-electron chi connectivity index (χ0n) is 9.79. The highest BCUT2D eigenvalue weighted by Gasteiger charge is 2.23. The van der Waals surface area contributed by atoms with E-state index in [0.717, 1.165) is 12.5 Å². The van der Waals surface area contributed by atoms with Crippen LogP contribution in [0.5, 0.6) is 0 Å². The predicted octanol–water partition coefficient (Wildman–Crippen LogP) is 3.27. The van der Waals surface area contributed by atoms with Crippen molar-refractivity contribution in [1.82, 2.24) is 5.32 Å². The molecule has 1 aliphatic carbocycles. The van der Waals surface area contributed by atoms with Crippen molar-refractivity contribution in [2.45, 2.75) is 45.7 Å². The molecule has 1 nitrogen and oxygen atoms in total. The molecule has 1 aliphatic rings. The topological polar surface area (TPSA) is 12.0 Å². The molecule has 0 heterocycles. The van der Waals surface area contributed by atoms with Crippen LogP contribution in [-0.2, 0) is 6.54 Å². The molecule has 0 spiro atoms. The summed E-state index contributed by atoms with van der Waals surface area (Å²) < 4.78 is 0. The fraction of sp³-hybridized carbons (Fsp3) is 0.571. The number of rotatable bonds is 4. The molecule has 0 aromatic heterocycles. The van der Waals surface area contributed by atoms with E-state index in [4.69, 9.17) is 0 Å². The molecule has 1 fully saturated rings. The quantitative estimate of drug-likeness (QED) is 0.792. The minimum atomic E-state index is 0.679. The van der Waals surface area contributed by atoms with Crippen molar-refractivity contribution in [3.63, 3.8) is 0 Å². The number of benzene rings is 1. The summed E-state index contributed by atoms with van der Waals surface area (Å²) in [6.07, 6.45) is 4.27. The van der Waals surface area contributed by atoms with Crippen molar-refractivity contribution in [1.29, 1.82) is 0 Å². The molecule has 1 aromatic rings. The summed E-state index contributed by atoms with van der Waals surface area (Å²) >= 11 is 0. The zero-order chi connectivity index (χ0) is 10.7. The lowest BCUT2D eigenvalue weighted by atomic mass is 9.80. The fourth-order valence-electron chi connectivity index (χ4n) is 2.19. The van der Waals surface area contributed by atoms with Gasteiger partial charge >= 0.3 is 0 Å². The molecular formula is C14H21N. The molecule has 0 saturated heterocycles. The summed E-state index contributed by atoms with van der Waals surface area (Å²) in [5, 5.41) is 3.64.